The molecule has 27 heavy (non-hydrogen) atoms. The summed E-state index contributed by atoms with van der Waals surface area (Å²) >= 11 is 2.62. The van der Waals surface area contributed by atoms with Gasteiger partial charge in [0.15, 0.2) is 0 Å². The molecule has 2 atom stereocenters. The van der Waals surface area contributed by atoms with Gasteiger partial charge in [-0.3, -0.25) is 4.79 Å². The number of carbonyl (C=O) groups is 1. The van der Waals surface area contributed by atoms with Crippen LogP contribution >= 0.6 is 22.7 Å². The van der Waals surface area contributed by atoms with Crippen molar-refractivity contribution in [3.8, 4) is 10.6 Å². The van der Waals surface area contributed by atoms with Crippen LogP contribution in [0.4, 0.5) is 0 Å². The van der Waals surface area contributed by atoms with Crippen LogP contribution in [-0.4, -0.2) is 53.1 Å². The quantitative estimate of drug-likeness (QED) is 0.730. The van der Waals surface area contributed by atoms with Crippen molar-refractivity contribution in [2.75, 3.05) is 13.1 Å². The number of rotatable bonds is 6. The number of piperidine rings is 1. The molecule has 148 valence electrons. The highest BCUT2D eigenvalue weighted by molar-refractivity contribution is 7.91. The van der Waals surface area contributed by atoms with E-state index in [1.54, 1.807) is 6.07 Å². The molecule has 1 aliphatic rings. The van der Waals surface area contributed by atoms with E-state index in [4.69, 9.17) is 0 Å². The first-order valence-corrected chi connectivity index (χ1v) is 11.8. The highest BCUT2D eigenvalue weighted by Crippen LogP contribution is 2.39. The van der Waals surface area contributed by atoms with Crippen molar-refractivity contribution < 1.29 is 23.4 Å². The SMILES string of the molecule is CCC[C@]1(C(=O)O)CN(S(=O)(=O)c2ccc(-c3csc(C)n3)s2)CC[C@H]1O. The van der Waals surface area contributed by atoms with Crippen LogP contribution in [0.1, 0.15) is 31.2 Å². The molecule has 0 saturated carbocycles. The van der Waals surface area contributed by atoms with Crippen molar-refractivity contribution in [1.82, 2.24) is 9.29 Å². The van der Waals surface area contributed by atoms with Crippen molar-refractivity contribution in [2.45, 2.75) is 43.4 Å². The number of hydrogen-bond acceptors (Lipinski definition) is 7. The van der Waals surface area contributed by atoms with Gasteiger partial charge in [-0.15, -0.1) is 22.7 Å². The topological polar surface area (TPSA) is 108 Å². The molecule has 3 rings (SSSR count). The van der Waals surface area contributed by atoms with Crippen molar-refractivity contribution >= 4 is 38.7 Å². The third kappa shape index (κ3) is 3.68. The number of nitrogens with zero attached hydrogens (tertiary/aromatic N) is 2. The zero-order chi connectivity index (χ0) is 19.8. The second-order valence-corrected chi connectivity index (χ2v) is 11.0. The lowest BCUT2D eigenvalue weighted by Gasteiger charge is -2.42. The normalized spacial score (nSPS) is 24.2. The Hall–Kier alpha value is -1.33. The average molecular weight is 431 g/mol. The maximum Gasteiger partial charge on any atom is 0.313 e. The van der Waals surface area contributed by atoms with Gasteiger partial charge in [-0.1, -0.05) is 13.3 Å². The van der Waals surface area contributed by atoms with E-state index in [1.807, 2.05) is 19.2 Å². The molecule has 2 aromatic rings. The highest BCUT2D eigenvalue weighted by atomic mass is 32.2. The molecule has 0 spiro atoms. The summed E-state index contributed by atoms with van der Waals surface area (Å²) in [5.41, 5.74) is -0.726. The molecular weight excluding hydrogens is 408 g/mol. The Balaban J connectivity index is 1.91. The Morgan fingerprint density at radius 1 is 1.44 bits per heavy atom. The molecule has 10 heteroatoms. The zero-order valence-corrected chi connectivity index (χ0v) is 17.5. The lowest BCUT2D eigenvalue weighted by atomic mass is 9.74. The highest BCUT2D eigenvalue weighted by Gasteiger charge is 2.51. The third-order valence-electron chi connectivity index (χ3n) is 4.92. The maximum atomic E-state index is 13.1. The number of carboxylic acid groups (broad SMARTS) is 1. The van der Waals surface area contributed by atoms with Gasteiger partial charge in [-0.2, -0.15) is 4.31 Å². The monoisotopic (exact) mass is 430 g/mol. The smallest absolute Gasteiger partial charge is 0.313 e. The van der Waals surface area contributed by atoms with Gasteiger partial charge in [0.1, 0.15) is 9.62 Å². The van der Waals surface area contributed by atoms with Crippen molar-refractivity contribution in [3.63, 3.8) is 0 Å². The number of aryl methyl sites for hydroxylation is 1. The van der Waals surface area contributed by atoms with Crippen LogP contribution < -0.4 is 0 Å². The molecular formula is C17H22N2O5S3. The summed E-state index contributed by atoms with van der Waals surface area (Å²) in [5, 5.41) is 22.8. The van der Waals surface area contributed by atoms with Gasteiger partial charge < -0.3 is 10.2 Å². The van der Waals surface area contributed by atoms with Gasteiger partial charge >= 0.3 is 5.97 Å². The molecule has 1 aliphatic heterocycles. The molecule has 3 heterocycles. The lowest BCUT2D eigenvalue weighted by molar-refractivity contribution is -0.161. The van der Waals surface area contributed by atoms with Crippen molar-refractivity contribution in [1.29, 1.82) is 0 Å². The second-order valence-electron chi connectivity index (χ2n) is 6.72. The van der Waals surface area contributed by atoms with Gasteiger partial charge in [0, 0.05) is 18.5 Å². The number of carboxylic acids is 1. The molecule has 0 aromatic carbocycles. The third-order valence-corrected chi connectivity index (χ3v) is 9.11. The standard InChI is InChI=1S/C17H22N2O5S3/c1-3-7-17(16(21)22)10-19(8-6-14(17)20)27(23,24)15-5-4-13(26-15)12-9-25-11(2)18-12/h4-5,9,14,20H,3,6-8,10H2,1-2H3,(H,21,22)/t14-,17+/m1/s1. The van der Waals surface area contributed by atoms with Crippen LogP contribution in [0, 0.1) is 12.3 Å². The number of hydrogen-bond donors (Lipinski definition) is 2. The predicted molar refractivity (Wildman–Crippen MR) is 105 cm³/mol. The number of thiophene rings is 1. The van der Waals surface area contributed by atoms with Crippen LogP contribution in [0.25, 0.3) is 10.6 Å². The maximum absolute atomic E-state index is 13.1. The van der Waals surface area contributed by atoms with Crippen LogP contribution in [-0.2, 0) is 14.8 Å². The first-order valence-electron chi connectivity index (χ1n) is 8.64. The summed E-state index contributed by atoms with van der Waals surface area (Å²) in [7, 11) is -3.84. The van der Waals surface area contributed by atoms with Gasteiger partial charge in [0.2, 0.25) is 0 Å². The fourth-order valence-electron chi connectivity index (χ4n) is 3.46. The number of aliphatic hydroxyl groups excluding tert-OH is 1. The van der Waals surface area contributed by atoms with E-state index < -0.39 is 27.5 Å². The zero-order valence-electron chi connectivity index (χ0n) is 15.1. The molecule has 0 amide bonds. The van der Waals surface area contributed by atoms with Gasteiger partial charge in [-0.25, -0.2) is 13.4 Å². The molecule has 0 aliphatic carbocycles. The van der Waals surface area contributed by atoms with E-state index in [1.165, 1.54) is 21.7 Å². The van der Waals surface area contributed by atoms with Crippen LogP contribution in [0.5, 0.6) is 0 Å². The van der Waals surface area contributed by atoms with E-state index in [-0.39, 0.29) is 30.1 Å². The summed E-state index contributed by atoms with van der Waals surface area (Å²) in [5.74, 6) is -1.15. The van der Waals surface area contributed by atoms with Gasteiger partial charge in [0.25, 0.3) is 10.0 Å². The molecule has 0 unspecified atom stereocenters. The fourth-order valence-corrected chi connectivity index (χ4v) is 7.09. The van der Waals surface area contributed by atoms with E-state index in [9.17, 15) is 23.4 Å². The first kappa shape index (κ1) is 20.4. The van der Waals surface area contributed by atoms with E-state index in [0.29, 0.717) is 6.42 Å². The molecule has 0 radical (unpaired) electrons. The minimum absolute atomic E-state index is 0.102. The van der Waals surface area contributed by atoms with Crippen LogP contribution in [0.2, 0.25) is 0 Å². The largest absolute Gasteiger partial charge is 0.481 e. The molecule has 7 nitrogen and oxygen atoms in total. The van der Waals surface area contributed by atoms with Crippen LogP contribution in [0.3, 0.4) is 0 Å². The molecule has 1 saturated heterocycles. The fraction of sp³-hybridized carbons (Fsp3) is 0.529. The van der Waals surface area contributed by atoms with Gasteiger partial charge in [0.05, 0.1) is 21.7 Å². The minimum atomic E-state index is -3.84. The summed E-state index contributed by atoms with van der Waals surface area (Å²) in [6, 6.07) is 3.26. The van der Waals surface area contributed by atoms with Crippen LogP contribution in [0.15, 0.2) is 21.7 Å². The van der Waals surface area contributed by atoms with E-state index >= 15 is 0 Å². The number of sulfonamides is 1. The second kappa shape index (κ2) is 7.59. The molecule has 1 fully saturated rings. The number of aliphatic carboxylic acids is 1. The van der Waals surface area contributed by atoms with E-state index in [0.717, 1.165) is 26.9 Å². The number of aromatic nitrogens is 1. The van der Waals surface area contributed by atoms with Crippen molar-refractivity contribution in [2.24, 2.45) is 5.41 Å². The summed E-state index contributed by atoms with van der Waals surface area (Å²) in [6.45, 7) is 3.60. The number of aliphatic hydroxyl groups is 1. The lowest BCUT2D eigenvalue weighted by Crippen LogP contribution is -2.57. The Labute approximate surface area is 166 Å². The Morgan fingerprint density at radius 2 is 2.19 bits per heavy atom. The predicted octanol–water partition coefficient (Wildman–Crippen LogP) is 2.81. The molecule has 2 N–H and O–H groups in total. The molecule has 0 bridgehead atoms. The minimum Gasteiger partial charge on any atom is -0.481 e. The Kier molecular flexibility index (Phi) is 5.74. The Bertz CT molecular complexity index is 936. The van der Waals surface area contributed by atoms with E-state index in [2.05, 4.69) is 4.98 Å². The Morgan fingerprint density at radius 3 is 2.78 bits per heavy atom. The first-order chi connectivity index (χ1) is 12.7. The number of thiazole rings is 1. The summed E-state index contributed by atoms with van der Waals surface area (Å²) in [6.07, 6.45) is -0.180. The summed E-state index contributed by atoms with van der Waals surface area (Å²) < 4.78 is 27.6. The average Bonchev–Trinajstić information content (AvgIpc) is 3.25. The summed E-state index contributed by atoms with van der Waals surface area (Å²) in [4.78, 5) is 17.0. The molecule has 2 aromatic heterocycles. The van der Waals surface area contributed by atoms with Crippen molar-refractivity contribution in [3.05, 3.63) is 22.5 Å². The van der Waals surface area contributed by atoms with Gasteiger partial charge in [-0.05, 0) is 31.9 Å².